The van der Waals surface area contributed by atoms with Crippen molar-refractivity contribution in [1.82, 2.24) is 0 Å². The second-order valence-corrected chi connectivity index (χ2v) is 2.93. The molecule has 1 aliphatic carbocycles. The Morgan fingerprint density at radius 3 is 2.46 bits per heavy atom. The predicted octanol–water partition coefficient (Wildman–Crippen LogP) is -0.726. The highest BCUT2D eigenvalue weighted by molar-refractivity contribution is 6.23. The molecule has 0 spiro atoms. The third kappa shape index (κ3) is 1.05. The lowest BCUT2D eigenvalue weighted by molar-refractivity contribution is -0.111. The van der Waals surface area contributed by atoms with Crippen LogP contribution >= 0.6 is 0 Å². The Labute approximate surface area is 75.4 Å². The summed E-state index contributed by atoms with van der Waals surface area (Å²) in [7, 11) is 0. The number of fused-ring (bicyclic) bond motifs is 1. The first-order valence-corrected chi connectivity index (χ1v) is 3.94. The summed E-state index contributed by atoms with van der Waals surface area (Å²) in [6.07, 6.45) is 1.50. The number of ketones is 1. The molecular formula is C10H9N2O+. The molecule has 0 aromatic heterocycles. The van der Waals surface area contributed by atoms with E-state index in [1.54, 1.807) is 12.1 Å². The summed E-state index contributed by atoms with van der Waals surface area (Å²) in [6.45, 7) is 0. The average Bonchev–Trinajstić information content (AvgIpc) is 2.15. The molecule has 1 aromatic rings. The molecule has 1 aromatic carbocycles. The maximum absolute atomic E-state index is 11.5. The number of carbonyl (C=O) groups is 1. The van der Waals surface area contributed by atoms with Gasteiger partial charge in [0.2, 0.25) is 11.5 Å². The second-order valence-electron chi connectivity index (χ2n) is 2.93. The van der Waals surface area contributed by atoms with Crippen molar-refractivity contribution in [1.29, 1.82) is 0 Å². The highest BCUT2D eigenvalue weighted by atomic mass is 16.1. The van der Waals surface area contributed by atoms with Gasteiger partial charge in [-0.1, -0.05) is 18.2 Å². The van der Waals surface area contributed by atoms with Crippen molar-refractivity contribution in [2.24, 2.45) is 5.73 Å². The molecule has 0 aliphatic heterocycles. The van der Waals surface area contributed by atoms with Gasteiger partial charge in [0.05, 0.1) is 11.3 Å². The van der Waals surface area contributed by atoms with Gasteiger partial charge in [-0.25, -0.2) is 0 Å². The third-order valence-electron chi connectivity index (χ3n) is 2.06. The van der Waals surface area contributed by atoms with Crippen LogP contribution in [0.2, 0.25) is 0 Å². The molecule has 13 heavy (non-hydrogen) atoms. The van der Waals surface area contributed by atoms with Gasteiger partial charge in [0.15, 0.2) is 0 Å². The summed E-state index contributed by atoms with van der Waals surface area (Å²) >= 11 is 0. The first kappa shape index (κ1) is 7.73. The molecule has 0 amide bonds. The predicted molar refractivity (Wildman–Crippen MR) is 49.1 cm³/mol. The SMILES string of the molecule is NC1=CC(=[NH2+])c2ccccc2C1=O. The second kappa shape index (κ2) is 2.55. The summed E-state index contributed by atoms with van der Waals surface area (Å²) in [4.78, 5) is 11.5. The maximum Gasteiger partial charge on any atom is 0.209 e. The van der Waals surface area contributed by atoms with Crippen molar-refractivity contribution in [2.75, 3.05) is 0 Å². The van der Waals surface area contributed by atoms with Crippen molar-refractivity contribution in [3.05, 3.63) is 47.2 Å². The van der Waals surface area contributed by atoms with Gasteiger partial charge in [0, 0.05) is 11.6 Å². The van der Waals surface area contributed by atoms with Gasteiger partial charge in [0.1, 0.15) is 0 Å². The maximum atomic E-state index is 11.5. The molecule has 0 heterocycles. The van der Waals surface area contributed by atoms with Gasteiger partial charge < -0.3 is 5.73 Å². The van der Waals surface area contributed by atoms with Crippen LogP contribution in [0.4, 0.5) is 0 Å². The molecule has 3 nitrogen and oxygen atoms in total. The van der Waals surface area contributed by atoms with Crippen molar-refractivity contribution < 1.29 is 10.2 Å². The highest BCUT2D eigenvalue weighted by Crippen LogP contribution is 2.16. The van der Waals surface area contributed by atoms with E-state index in [1.807, 2.05) is 12.1 Å². The van der Waals surface area contributed by atoms with Gasteiger partial charge in [0.25, 0.3) is 0 Å². The molecular weight excluding hydrogens is 164 g/mol. The highest BCUT2D eigenvalue weighted by Gasteiger charge is 2.23. The Kier molecular flexibility index (Phi) is 1.52. The zero-order valence-corrected chi connectivity index (χ0v) is 6.95. The number of hydrogen-bond donors (Lipinski definition) is 2. The van der Waals surface area contributed by atoms with Gasteiger partial charge in [-0.15, -0.1) is 0 Å². The Morgan fingerprint density at radius 2 is 1.77 bits per heavy atom. The minimum absolute atomic E-state index is 0.148. The number of Topliss-reactive ketones (excluding diaryl/α,β-unsaturated/α-hetero) is 1. The Balaban J connectivity index is 2.69. The fourth-order valence-electron chi connectivity index (χ4n) is 1.40. The van der Waals surface area contributed by atoms with E-state index in [0.29, 0.717) is 11.3 Å². The fourth-order valence-corrected chi connectivity index (χ4v) is 1.40. The van der Waals surface area contributed by atoms with Crippen molar-refractivity contribution in [3.63, 3.8) is 0 Å². The van der Waals surface area contributed by atoms with Gasteiger partial charge in [-0.2, -0.15) is 0 Å². The van der Waals surface area contributed by atoms with Crippen molar-refractivity contribution in [3.8, 4) is 0 Å². The van der Waals surface area contributed by atoms with Crippen molar-refractivity contribution in [2.45, 2.75) is 0 Å². The van der Waals surface area contributed by atoms with E-state index in [0.717, 1.165) is 5.56 Å². The zero-order chi connectivity index (χ0) is 9.42. The van der Waals surface area contributed by atoms with E-state index in [2.05, 4.69) is 0 Å². The quantitative estimate of drug-likeness (QED) is 0.543. The van der Waals surface area contributed by atoms with Crippen LogP contribution < -0.4 is 11.1 Å². The standard InChI is InChI=1S/C10H8N2O/c11-8-5-9(12)10(13)7-4-2-1-3-6(7)8/h1-5,11H,12H2/p+1. The topological polar surface area (TPSA) is 68.7 Å². The molecule has 64 valence electrons. The van der Waals surface area contributed by atoms with Crippen LogP contribution in [0.1, 0.15) is 15.9 Å². The van der Waals surface area contributed by atoms with Gasteiger partial charge in [-0.05, 0) is 6.07 Å². The molecule has 1 aliphatic rings. The van der Waals surface area contributed by atoms with Crippen LogP contribution in [0.3, 0.4) is 0 Å². The summed E-state index contributed by atoms with van der Waals surface area (Å²) in [5.41, 5.74) is 7.60. The van der Waals surface area contributed by atoms with E-state index in [4.69, 9.17) is 11.1 Å². The first-order chi connectivity index (χ1) is 6.20. The summed E-state index contributed by atoms with van der Waals surface area (Å²) in [5, 5.41) is 5.71. The van der Waals surface area contributed by atoms with E-state index in [9.17, 15) is 4.79 Å². The molecule has 0 radical (unpaired) electrons. The monoisotopic (exact) mass is 173 g/mol. The molecule has 2 rings (SSSR count). The largest absolute Gasteiger partial charge is 0.395 e. The molecule has 0 fully saturated rings. The van der Waals surface area contributed by atoms with E-state index >= 15 is 0 Å². The van der Waals surface area contributed by atoms with E-state index < -0.39 is 0 Å². The lowest BCUT2D eigenvalue weighted by Crippen LogP contribution is -2.42. The molecule has 0 atom stereocenters. The van der Waals surface area contributed by atoms with Gasteiger partial charge >= 0.3 is 0 Å². The number of benzene rings is 1. The summed E-state index contributed by atoms with van der Waals surface area (Å²) in [5.74, 6) is -0.148. The lowest BCUT2D eigenvalue weighted by atomic mass is 9.93. The fraction of sp³-hybridized carbons (Fsp3) is 0. The number of allylic oxidation sites excluding steroid dienone is 2. The third-order valence-corrected chi connectivity index (χ3v) is 2.06. The molecule has 0 saturated carbocycles. The molecule has 4 N–H and O–H groups in total. The first-order valence-electron chi connectivity index (χ1n) is 3.94. The molecule has 0 bridgehead atoms. The lowest BCUT2D eigenvalue weighted by Gasteiger charge is -2.09. The minimum Gasteiger partial charge on any atom is -0.395 e. The average molecular weight is 173 g/mol. The Bertz CT molecular complexity index is 432. The van der Waals surface area contributed by atoms with Crippen LogP contribution in [0.25, 0.3) is 0 Å². The Morgan fingerprint density at radius 1 is 1.15 bits per heavy atom. The number of carbonyl (C=O) groups excluding carboxylic acids is 1. The van der Waals surface area contributed by atoms with Crippen LogP contribution in [-0.2, 0) is 0 Å². The normalized spacial score (nSPS) is 15.2. The number of nitrogens with two attached hydrogens (primary N) is 2. The van der Waals surface area contributed by atoms with E-state index in [1.165, 1.54) is 6.08 Å². The molecule has 3 heteroatoms. The summed E-state index contributed by atoms with van der Waals surface area (Å²) in [6, 6.07) is 7.17. The smallest absolute Gasteiger partial charge is 0.209 e. The van der Waals surface area contributed by atoms with Gasteiger partial charge in [-0.3, -0.25) is 10.2 Å². The van der Waals surface area contributed by atoms with Crippen LogP contribution in [-0.4, -0.2) is 11.5 Å². The van der Waals surface area contributed by atoms with Crippen LogP contribution in [0.15, 0.2) is 36.0 Å². The molecule has 0 unspecified atom stereocenters. The van der Waals surface area contributed by atoms with Crippen LogP contribution in [0, 0.1) is 0 Å². The summed E-state index contributed by atoms with van der Waals surface area (Å²) < 4.78 is 0. The number of hydrogen-bond acceptors (Lipinski definition) is 2. The molecule has 0 saturated heterocycles. The zero-order valence-electron chi connectivity index (χ0n) is 6.95. The minimum atomic E-state index is -0.148. The van der Waals surface area contributed by atoms with Crippen molar-refractivity contribution >= 4 is 11.5 Å². The Hall–Kier alpha value is -1.90. The van der Waals surface area contributed by atoms with Crippen LogP contribution in [0.5, 0.6) is 0 Å². The number of rotatable bonds is 0. The van der Waals surface area contributed by atoms with E-state index in [-0.39, 0.29) is 11.5 Å².